The van der Waals surface area contributed by atoms with E-state index in [1.807, 2.05) is 32.9 Å². The van der Waals surface area contributed by atoms with Gasteiger partial charge in [0.25, 0.3) is 5.56 Å². The maximum absolute atomic E-state index is 12.1. The Balaban J connectivity index is 2.09. The van der Waals surface area contributed by atoms with Crippen molar-refractivity contribution in [3.05, 3.63) is 45.9 Å². The molecule has 2 rings (SSSR count). The van der Waals surface area contributed by atoms with Gasteiger partial charge in [-0.2, -0.15) is 0 Å². The average Bonchev–Trinajstić information content (AvgIpc) is 2.53. The number of nitrogens with zero attached hydrogens (tertiary/aromatic N) is 3. The van der Waals surface area contributed by atoms with Gasteiger partial charge in [-0.3, -0.25) is 14.7 Å². The first-order chi connectivity index (χ1) is 11.3. The molecular formula is C18H27N5O. The van der Waals surface area contributed by atoms with Gasteiger partial charge in [0, 0.05) is 17.6 Å². The summed E-state index contributed by atoms with van der Waals surface area (Å²) in [5.41, 5.74) is 2.02. The molecular weight excluding hydrogens is 302 g/mol. The molecule has 0 saturated carbocycles. The first-order valence-electron chi connectivity index (χ1n) is 8.39. The van der Waals surface area contributed by atoms with Crippen LogP contribution in [0.4, 0.5) is 11.6 Å². The van der Waals surface area contributed by atoms with E-state index in [4.69, 9.17) is 0 Å². The third-order valence-corrected chi connectivity index (χ3v) is 3.92. The number of rotatable bonds is 6. The van der Waals surface area contributed by atoms with Gasteiger partial charge in [0.1, 0.15) is 5.69 Å². The standard InChI is InChI=1S/C18H27N5O/c1-6-23(7-2)12-13-8-10-14(11-9-13)19-17-20-16(24)15(21-22-17)18(3,4)5/h8-11H,6-7,12H2,1-5H3,(H2,19,20,22,24). The van der Waals surface area contributed by atoms with E-state index in [-0.39, 0.29) is 11.0 Å². The van der Waals surface area contributed by atoms with Crippen molar-refractivity contribution in [3.8, 4) is 0 Å². The van der Waals surface area contributed by atoms with Crippen LogP contribution in [0.5, 0.6) is 0 Å². The number of aromatic amines is 1. The Labute approximate surface area is 143 Å². The molecule has 6 nitrogen and oxygen atoms in total. The van der Waals surface area contributed by atoms with Gasteiger partial charge in [0.15, 0.2) is 0 Å². The zero-order valence-corrected chi connectivity index (χ0v) is 15.2. The second kappa shape index (κ2) is 7.57. The van der Waals surface area contributed by atoms with E-state index in [1.165, 1.54) is 5.56 Å². The number of benzene rings is 1. The molecule has 0 aliphatic carbocycles. The Morgan fingerprint density at radius 2 is 1.71 bits per heavy atom. The lowest BCUT2D eigenvalue weighted by atomic mass is 9.93. The van der Waals surface area contributed by atoms with Crippen molar-refractivity contribution in [2.75, 3.05) is 18.4 Å². The minimum Gasteiger partial charge on any atom is -0.324 e. The molecule has 2 N–H and O–H groups in total. The Morgan fingerprint density at radius 1 is 1.08 bits per heavy atom. The van der Waals surface area contributed by atoms with Gasteiger partial charge in [-0.25, -0.2) is 0 Å². The molecule has 1 aromatic carbocycles. The summed E-state index contributed by atoms with van der Waals surface area (Å²) in [4.78, 5) is 17.2. The van der Waals surface area contributed by atoms with Gasteiger partial charge in [-0.15, -0.1) is 10.2 Å². The van der Waals surface area contributed by atoms with Crippen LogP contribution in [0.2, 0.25) is 0 Å². The second-order valence-corrected chi connectivity index (χ2v) is 6.88. The van der Waals surface area contributed by atoms with Crippen molar-refractivity contribution in [3.63, 3.8) is 0 Å². The van der Waals surface area contributed by atoms with E-state index >= 15 is 0 Å². The number of anilines is 2. The van der Waals surface area contributed by atoms with Gasteiger partial charge >= 0.3 is 0 Å². The highest BCUT2D eigenvalue weighted by Crippen LogP contribution is 2.17. The summed E-state index contributed by atoms with van der Waals surface area (Å²) >= 11 is 0. The number of hydrogen-bond donors (Lipinski definition) is 2. The van der Waals surface area contributed by atoms with Crippen LogP contribution in [0.1, 0.15) is 45.9 Å². The van der Waals surface area contributed by atoms with E-state index in [2.05, 4.69) is 51.4 Å². The van der Waals surface area contributed by atoms with Gasteiger partial charge in [0.05, 0.1) is 0 Å². The molecule has 0 unspecified atom stereocenters. The molecule has 2 aromatic rings. The SMILES string of the molecule is CCN(CC)Cc1ccc(Nc2nnc(C(C)(C)C)c(=O)[nH]2)cc1. The molecule has 24 heavy (non-hydrogen) atoms. The van der Waals surface area contributed by atoms with E-state index in [1.54, 1.807) is 0 Å². The number of aromatic nitrogens is 3. The lowest BCUT2D eigenvalue weighted by molar-refractivity contribution is 0.296. The Hall–Kier alpha value is -2.21. The molecule has 0 fully saturated rings. The van der Waals surface area contributed by atoms with Crippen LogP contribution in [0.25, 0.3) is 0 Å². The summed E-state index contributed by atoms with van der Waals surface area (Å²) < 4.78 is 0. The Morgan fingerprint density at radius 3 is 2.21 bits per heavy atom. The fraction of sp³-hybridized carbons (Fsp3) is 0.500. The predicted molar refractivity (Wildman–Crippen MR) is 97.7 cm³/mol. The lowest BCUT2D eigenvalue weighted by Gasteiger charge is -2.18. The van der Waals surface area contributed by atoms with Crippen molar-refractivity contribution in [1.82, 2.24) is 20.1 Å². The first-order valence-corrected chi connectivity index (χ1v) is 8.39. The maximum Gasteiger partial charge on any atom is 0.274 e. The van der Waals surface area contributed by atoms with Gasteiger partial charge < -0.3 is 5.32 Å². The highest BCUT2D eigenvalue weighted by Gasteiger charge is 2.20. The minimum atomic E-state index is -0.328. The molecule has 0 radical (unpaired) electrons. The van der Waals surface area contributed by atoms with Crippen molar-refractivity contribution in [2.24, 2.45) is 0 Å². The molecule has 0 atom stereocenters. The smallest absolute Gasteiger partial charge is 0.274 e. The van der Waals surface area contributed by atoms with Crippen molar-refractivity contribution in [1.29, 1.82) is 0 Å². The predicted octanol–water partition coefficient (Wildman–Crippen LogP) is 3.05. The molecule has 0 spiro atoms. The van der Waals surface area contributed by atoms with Crippen LogP contribution in [-0.2, 0) is 12.0 Å². The number of nitrogens with one attached hydrogen (secondary N) is 2. The Bertz CT molecular complexity index is 711. The number of hydrogen-bond acceptors (Lipinski definition) is 5. The van der Waals surface area contributed by atoms with Crippen LogP contribution in [0.15, 0.2) is 29.1 Å². The van der Waals surface area contributed by atoms with Crippen LogP contribution < -0.4 is 10.9 Å². The quantitative estimate of drug-likeness (QED) is 0.852. The van der Waals surface area contributed by atoms with Crippen molar-refractivity contribution in [2.45, 2.75) is 46.6 Å². The number of H-pyrrole nitrogens is 1. The van der Waals surface area contributed by atoms with E-state index < -0.39 is 0 Å². The van der Waals surface area contributed by atoms with Gasteiger partial charge in [0.2, 0.25) is 5.95 Å². The van der Waals surface area contributed by atoms with Gasteiger partial charge in [-0.05, 0) is 30.8 Å². The minimum absolute atomic E-state index is 0.210. The molecule has 6 heteroatoms. The van der Waals surface area contributed by atoms with Crippen LogP contribution in [0, 0.1) is 0 Å². The molecule has 0 bridgehead atoms. The zero-order chi connectivity index (χ0) is 17.7. The fourth-order valence-corrected chi connectivity index (χ4v) is 2.42. The summed E-state index contributed by atoms with van der Waals surface area (Å²) in [5, 5.41) is 11.2. The van der Waals surface area contributed by atoms with Crippen LogP contribution in [-0.4, -0.2) is 33.2 Å². The third kappa shape index (κ3) is 4.64. The summed E-state index contributed by atoms with van der Waals surface area (Å²) in [6, 6.07) is 8.12. The average molecular weight is 329 g/mol. The third-order valence-electron chi connectivity index (χ3n) is 3.92. The Kier molecular flexibility index (Phi) is 5.72. The normalized spacial score (nSPS) is 11.8. The lowest BCUT2D eigenvalue weighted by Crippen LogP contribution is -2.28. The topological polar surface area (TPSA) is 73.9 Å². The van der Waals surface area contributed by atoms with E-state index in [0.29, 0.717) is 11.6 Å². The monoisotopic (exact) mass is 329 g/mol. The highest BCUT2D eigenvalue weighted by molar-refractivity contribution is 5.53. The van der Waals surface area contributed by atoms with Gasteiger partial charge in [-0.1, -0.05) is 46.8 Å². The van der Waals surface area contributed by atoms with E-state index in [0.717, 1.165) is 25.3 Å². The molecule has 0 aliphatic heterocycles. The molecule has 0 saturated heterocycles. The van der Waals surface area contributed by atoms with Crippen LogP contribution in [0.3, 0.4) is 0 Å². The molecule has 0 aliphatic rings. The zero-order valence-electron chi connectivity index (χ0n) is 15.2. The van der Waals surface area contributed by atoms with Crippen molar-refractivity contribution >= 4 is 11.6 Å². The summed E-state index contributed by atoms with van der Waals surface area (Å²) in [7, 11) is 0. The van der Waals surface area contributed by atoms with E-state index in [9.17, 15) is 4.79 Å². The fourth-order valence-electron chi connectivity index (χ4n) is 2.42. The molecule has 1 aromatic heterocycles. The highest BCUT2D eigenvalue weighted by atomic mass is 16.1. The van der Waals surface area contributed by atoms with Crippen LogP contribution >= 0.6 is 0 Å². The summed E-state index contributed by atoms with van der Waals surface area (Å²) in [6.45, 7) is 13.1. The maximum atomic E-state index is 12.1. The first kappa shape index (κ1) is 18.1. The second-order valence-electron chi connectivity index (χ2n) is 6.88. The summed E-state index contributed by atoms with van der Waals surface area (Å²) in [5.74, 6) is 0.351. The molecule has 0 amide bonds. The largest absolute Gasteiger partial charge is 0.324 e. The molecule has 130 valence electrons. The van der Waals surface area contributed by atoms with Crippen molar-refractivity contribution < 1.29 is 0 Å². The summed E-state index contributed by atoms with van der Waals surface area (Å²) in [6.07, 6.45) is 0. The molecule has 1 heterocycles.